The number of nitrogens with zero attached hydrogens (tertiary/aromatic N) is 3. The molecule has 3 fully saturated rings. The Kier molecular flexibility index (Phi) is 18.2. The fraction of sp³-hybridized carbons (Fsp3) is 0.975. The van der Waals surface area contributed by atoms with Crippen LogP contribution < -0.4 is 0 Å². The minimum atomic E-state index is -1.84. The summed E-state index contributed by atoms with van der Waals surface area (Å²) in [6, 6.07) is -1.06. The van der Waals surface area contributed by atoms with Gasteiger partial charge >= 0.3 is 5.97 Å². The number of methoxy groups -OCH3 is 1. The zero-order chi connectivity index (χ0) is 44.1. The van der Waals surface area contributed by atoms with Gasteiger partial charge in [0.2, 0.25) is 0 Å². The maximum absolute atomic E-state index is 14.3. The van der Waals surface area contributed by atoms with Gasteiger partial charge in [-0.15, -0.1) is 10.1 Å². The molecule has 0 aliphatic carbocycles. The Morgan fingerprint density at radius 3 is 2.22 bits per heavy atom. The predicted octanol–water partition coefficient (Wildman–Crippen LogP) is 1.87. The molecule has 0 unspecified atom stereocenters. The van der Waals surface area contributed by atoms with Crippen molar-refractivity contribution in [1.82, 2.24) is 9.80 Å². The molecule has 0 amide bonds. The molecule has 0 saturated carbocycles. The number of carbonyl (C=O) groups is 1. The fourth-order valence-corrected chi connectivity index (χ4v) is 9.28. The second-order valence-electron chi connectivity index (χ2n) is 18.1. The minimum absolute atomic E-state index is 0.0876. The van der Waals surface area contributed by atoms with Crippen LogP contribution in [0.2, 0.25) is 0 Å². The lowest BCUT2D eigenvalue weighted by molar-refractivity contribution is -0.757. The van der Waals surface area contributed by atoms with Crippen molar-refractivity contribution in [2.75, 3.05) is 40.9 Å². The average Bonchev–Trinajstić information content (AvgIpc) is 3.14. The van der Waals surface area contributed by atoms with Gasteiger partial charge in [0, 0.05) is 44.6 Å². The van der Waals surface area contributed by atoms with Crippen LogP contribution in [0.5, 0.6) is 0 Å². The van der Waals surface area contributed by atoms with E-state index in [1.165, 1.54) is 14.0 Å². The third-order valence-corrected chi connectivity index (χ3v) is 13.0. The number of likely N-dealkylation sites (N-methyl/N-ethyl adjacent to an activating group) is 2. The minimum Gasteiger partial charge on any atom is -0.459 e. The number of aliphatic hydroxyl groups excluding tert-OH is 3. The van der Waals surface area contributed by atoms with Crippen LogP contribution in [0.3, 0.4) is 0 Å². The molecule has 3 rings (SSSR count). The molecule has 3 aliphatic rings. The molecule has 5 N–H and O–H groups in total. The van der Waals surface area contributed by atoms with E-state index in [-0.39, 0.29) is 31.8 Å². The van der Waals surface area contributed by atoms with E-state index in [0.29, 0.717) is 25.9 Å². The van der Waals surface area contributed by atoms with Crippen molar-refractivity contribution in [3.63, 3.8) is 0 Å². The highest BCUT2D eigenvalue weighted by molar-refractivity contribution is 5.73. The lowest BCUT2D eigenvalue weighted by Crippen LogP contribution is -2.61. The van der Waals surface area contributed by atoms with Crippen molar-refractivity contribution >= 4 is 5.97 Å². The summed E-state index contributed by atoms with van der Waals surface area (Å²) in [5, 5.41) is 68.5. The first-order valence-corrected chi connectivity index (χ1v) is 20.8. The van der Waals surface area contributed by atoms with Crippen molar-refractivity contribution in [3.05, 3.63) is 10.1 Å². The molecule has 0 aromatic heterocycles. The molecule has 18 nitrogen and oxygen atoms in total. The van der Waals surface area contributed by atoms with Crippen LogP contribution in [0.25, 0.3) is 0 Å². The number of rotatable bonds is 12. The average molecular weight is 838 g/mol. The van der Waals surface area contributed by atoms with Crippen LogP contribution in [-0.4, -0.2) is 178 Å². The Morgan fingerprint density at radius 1 is 1.00 bits per heavy atom. The van der Waals surface area contributed by atoms with E-state index in [4.69, 9.17) is 28.4 Å². The normalized spacial score (nSPS) is 45.6. The molecule has 3 heterocycles. The molecule has 18 heteroatoms. The molecule has 3 saturated heterocycles. The van der Waals surface area contributed by atoms with E-state index in [2.05, 4.69) is 4.84 Å². The Balaban J connectivity index is 2.13. The number of hydrogen-bond donors (Lipinski definition) is 5. The smallest absolute Gasteiger partial charge is 0.311 e. The van der Waals surface area contributed by atoms with Crippen LogP contribution in [0.15, 0.2) is 0 Å². The first-order chi connectivity index (χ1) is 26.8. The first-order valence-electron chi connectivity index (χ1n) is 20.8. The second kappa shape index (κ2) is 20.8. The van der Waals surface area contributed by atoms with E-state index >= 15 is 0 Å². The van der Waals surface area contributed by atoms with Gasteiger partial charge in [-0.3, -0.25) is 4.79 Å². The van der Waals surface area contributed by atoms with E-state index in [1.807, 2.05) is 30.7 Å². The Bertz CT molecular complexity index is 1310. The van der Waals surface area contributed by atoms with Crippen LogP contribution in [0.1, 0.15) is 101 Å². The standard InChI is InChI=1S/C40H75N3O15/c1-14-29-40(10,49)33(45)26(6)42(12)21-22(2)19-38(8,48)35(58-37-31(44)28(18-23(3)54-37)41(11)16-15-17-53-43(50)51)24(4)32(25(5)36(47)56-29)57-30-20-39(9,52-13)34(46)27(7)55-30/h22-35,37,44-46,48-49H,14-21H2,1-13H3/t22-,23-,24+,25-,26-,27+,28+,29-,30+,31-,32+,33-,34+,35-,37+,38-,39-,40-/m1/s1. The summed E-state index contributed by atoms with van der Waals surface area (Å²) in [4.78, 5) is 33.2. The lowest BCUT2D eigenvalue weighted by Gasteiger charge is -2.49. The summed E-state index contributed by atoms with van der Waals surface area (Å²) in [5.74, 6) is -2.84. The van der Waals surface area contributed by atoms with Crippen molar-refractivity contribution in [1.29, 1.82) is 0 Å². The van der Waals surface area contributed by atoms with Gasteiger partial charge in [-0.05, 0) is 94.2 Å². The van der Waals surface area contributed by atoms with E-state index in [0.717, 1.165) is 0 Å². The molecule has 0 spiro atoms. The number of esters is 1. The van der Waals surface area contributed by atoms with Crippen LogP contribution >= 0.6 is 0 Å². The van der Waals surface area contributed by atoms with Crippen molar-refractivity contribution in [2.24, 2.45) is 17.8 Å². The van der Waals surface area contributed by atoms with Gasteiger partial charge in [0.15, 0.2) is 12.6 Å². The summed E-state index contributed by atoms with van der Waals surface area (Å²) in [6.07, 6.45) is -9.02. The van der Waals surface area contributed by atoms with Gasteiger partial charge in [-0.2, -0.15) is 0 Å². The molecule has 18 atom stereocenters. The Labute approximate surface area is 344 Å². The quantitative estimate of drug-likeness (QED) is 0.0817. The number of ether oxygens (including phenoxy) is 6. The van der Waals surface area contributed by atoms with Crippen LogP contribution in [0, 0.1) is 27.9 Å². The fourth-order valence-electron chi connectivity index (χ4n) is 9.28. The van der Waals surface area contributed by atoms with Gasteiger partial charge in [-0.1, -0.05) is 20.8 Å². The molecule has 3 aliphatic heterocycles. The van der Waals surface area contributed by atoms with Crippen molar-refractivity contribution in [2.45, 2.75) is 192 Å². The molecule has 340 valence electrons. The zero-order valence-corrected chi connectivity index (χ0v) is 37.0. The number of hydrogen-bond acceptors (Lipinski definition) is 17. The molecule has 0 aromatic rings. The van der Waals surface area contributed by atoms with Crippen molar-refractivity contribution in [3.8, 4) is 0 Å². The Hall–Kier alpha value is -1.81. The summed E-state index contributed by atoms with van der Waals surface area (Å²) >= 11 is 0. The van der Waals surface area contributed by atoms with E-state index in [1.54, 1.807) is 55.5 Å². The molecule has 0 aromatic carbocycles. The maximum atomic E-state index is 14.3. The van der Waals surface area contributed by atoms with Gasteiger partial charge in [0.25, 0.3) is 5.09 Å². The maximum Gasteiger partial charge on any atom is 0.311 e. The highest BCUT2D eigenvalue weighted by Gasteiger charge is 2.52. The van der Waals surface area contributed by atoms with E-state index in [9.17, 15) is 40.4 Å². The molecule has 0 radical (unpaired) electrons. The third kappa shape index (κ3) is 12.2. The van der Waals surface area contributed by atoms with E-state index < -0.39 is 113 Å². The molecule has 58 heavy (non-hydrogen) atoms. The molecular weight excluding hydrogens is 762 g/mol. The van der Waals surface area contributed by atoms with Gasteiger partial charge in [0.1, 0.15) is 30.0 Å². The summed E-state index contributed by atoms with van der Waals surface area (Å²) in [6.45, 7) is 17.9. The first kappa shape index (κ1) is 50.5. The third-order valence-electron chi connectivity index (χ3n) is 13.0. The number of carbonyl (C=O) groups excluding carboxylic acids is 1. The van der Waals surface area contributed by atoms with Crippen LogP contribution in [-0.2, 0) is 38.1 Å². The zero-order valence-electron chi connectivity index (χ0n) is 37.0. The topological polar surface area (TPSA) is 232 Å². The summed E-state index contributed by atoms with van der Waals surface area (Å²) in [5.41, 5.74) is -4.55. The van der Waals surface area contributed by atoms with Gasteiger partial charge in [-0.25, -0.2) is 0 Å². The predicted molar refractivity (Wildman–Crippen MR) is 211 cm³/mol. The molecule has 0 bridgehead atoms. The SMILES string of the molecule is CC[C@H]1OC(=O)[C@H](C)[C@@H](O[C@H]2C[C@@](C)(OC)[C@@H](O)[C@H](C)O2)[C@H](C)[C@@H](O[C@@H]2O[C@H](C)C[C@H](N(C)CCCO[N+](=O)[O-])[C@H]2O)[C@](C)(O)C[C@@H](C)CN(C)[C@H](C)[C@@H](O)[C@]1(C)O. The summed E-state index contributed by atoms with van der Waals surface area (Å²) < 4.78 is 37.6. The highest BCUT2D eigenvalue weighted by atomic mass is 16.9. The van der Waals surface area contributed by atoms with Gasteiger partial charge < -0.3 is 68.6 Å². The van der Waals surface area contributed by atoms with Crippen LogP contribution in [0.4, 0.5) is 0 Å². The summed E-state index contributed by atoms with van der Waals surface area (Å²) in [7, 11) is 5.09. The largest absolute Gasteiger partial charge is 0.459 e. The number of aliphatic hydroxyl groups is 5. The van der Waals surface area contributed by atoms with Gasteiger partial charge in [0.05, 0.1) is 48.1 Å². The highest BCUT2D eigenvalue weighted by Crippen LogP contribution is 2.40. The monoisotopic (exact) mass is 838 g/mol. The number of cyclic esters (lactones) is 1. The van der Waals surface area contributed by atoms with Crippen molar-refractivity contribution < 1.29 is 68.7 Å². The molecular formula is C40H75N3O15. The second-order valence-corrected chi connectivity index (χ2v) is 18.1. The lowest BCUT2D eigenvalue weighted by atomic mass is 9.77. The Morgan fingerprint density at radius 2 is 1.64 bits per heavy atom.